The van der Waals surface area contributed by atoms with Crippen molar-refractivity contribution in [2.45, 2.75) is 85.5 Å². The van der Waals surface area contributed by atoms with Crippen LogP contribution in [0.3, 0.4) is 0 Å². The van der Waals surface area contributed by atoms with Crippen molar-refractivity contribution < 1.29 is 4.39 Å². The van der Waals surface area contributed by atoms with Gasteiger partial charge >= 0.3 is 0 Å². The maximum absolute atomic E-state index is 14.8. The van der Waals surface area contributed by atoms with Gasteiger partial charge in [-0.1, -0.05) is 164 Å². The molecule has 0 aliphatic heterocycles. The van der Waals surface area contributed by atoms with Crippen LogP contribution in [-0.2, 0) is 0 Å². The number of rotatable bonds is 18. The third kappa shape index (κ3) is 15.9. The number of hydrogen-bond acceptors (Lipinski definition) is 20. The first-order valence-corrected chi connectivity index (χ1v) is 40.7. The molecule has 0 amide bonds. The van der Waals surface area contributed by atoms with Crippen molar-refractivity contribution in [2.75, 3.05) is 21.3 Å². The summed E-state index contributed by atoms with van der Waals surface area (Å²) >= 11 is 12.8. The van der Waals surface area contributed by atoms with E-state index in [4.69, 9.17) is 23.2 Å². The number of aryl methyl sites for hydroxylation is 3. The Hall–Kier alpha value is -15.5. The van der Waals surface area contributed by atoms with Gasteiger partial charge in [-0.2, -0.15) is 0 Å². The topological polar surface area (TPSA) is 354 Å². The molecule has 28 nitrogen and oxygen atoms in total. The Morgan fingerprint density at radius 1 is 0.347 bits per heavy atom. The highest BCUT2D eigenvalue weighted by atomic mass is 35.5. The molecule has 0 saturated carbocycles. The van der Waals surface area contributed by atoms with Crippen LogP contribution in [0.1, 0.15) is 104 Å². The number of imidazole rings is 4. The molecule has 12 heterocycles. The lowest BCUT2D eigenvalue weighted by atomic mass is 10.0. The Morgan fingerprint density at radius 3 is 1.06 bits per heavy atom. The second kappa shape index (κ2) is 35.1. The largest absolute Gasteiger partial charge is 0.360 e. The zero-order chi connectivity index (χ0) is 85.8. The summed E-state index contributed by atoms with van der Waals surface area (Å²) in [6, 6.07) is 63.1. The average Bonchev–Trinajstić information content (AvgIpc) is 0.908. The summed E-state index contributed by atoms with van der Waals surface area (Å²) < 4.78 is 21.5. The fourth-order valence-electron chi connectivity index (χ4n) is 15.6. The summed E-state index contributed by atoms with van der Waals surface area (Å²) in [5.41, 5.74) is 13.2. The molecule has 616 valence electrons. The predicted octanol–water partition coefficient (Wildman–Crippen LogP) is 18.5. The van der Waals surface area contributed by atoms with Gasteiger partial charge in [-0.15, -0.1) is 0 Å². The molecule has 8 aromatic carbocycles. The molecule has 12 aromatic heterocycles. The molecule has 8 N–H and O–H groups in total. The highest BCUT2D eigenvalue weighted by Gasteiger charge is 2.27. The number of pyridine rings is 4. The van der Waals surface area contributed by atoms with Crippen LogP contribution in [0, 0.1) is 26.6 Å². The molecule has 20 rings (SSSR count). The Bertz CT molecular complexity index is 7640. The minimum Gasteiger partial charge on any atom is -0.360 e. The number of aromatic amines is 4. The third-order valence-electron chi connectivity index (χ3n) is 21.7. The first kappa shape index (κ1) is 80.9. The summed E-state index contributed by atoms with van der Waals surface area (Å²) in [7, 11) is 0. The molecular formula is C93H79Cl2FN24O4. The number of H-pyrrole nitrogens is 4. The predicted molar refractivity (Wildman–Crippen MR) is 486 cm³/mol. The molecule has 0 aliphatic carbocycles. The number of para-hydroxylation sites is 3. The van der Waals surface area contributed by atoms with Gasteiger partial charge in [-0.3, -0.25) is 37.4 Å². The van der Waals surface area contributed by atoms with Crippen LogP contribution in [0.15, 0.2) is 276 Å². The SMILES string of the molecule is CC(Nc1ncnc2nc[nH]c12)c1cc2cccc(Cl)c2c(=O)n1-c1ccccc1.CCC(Nc1ncnc2nc[nH]c12)c1cc2cccc(C)c2c(=O)n1-c1ccc(C)cc1.CCC(Nc1ncnc2nc[nH]c12)c1cc2cccc(Cl)c2c(=O)n1-c1ccccc1.Cc1cccc2cc(C(C)Nc3ncnc4nc[nH]c34)n(-c3ccccc3F)c(=O)c12. The molecule has 124 heavy (non-hydrogen) atoms. The van der Waals surface area contributed by atoms with Crippen LogP contribution in [0.4, 0.5) is 27.7 Å². The van der Waals surface area contributed by atoms with Crippen LogP contribution in [0.5, 0.6) is 0 Å². The van der Waals surface area contributed by atoms with Crippen molar-refractivity contribution in [3.8, 4) is 22.7 Å². The molecule has 4 atom stereocenters. The Labute approximate surface area is 715 Å². The second-order valence-corrected chi connectivity index (χ2v) is 30.3. The molecule has 0 spiro atoms. The monoisotopic (exact) mass is 1680 g/mol. The van der Waals surface area contributed by atoms with Gasteiger partial charge < -0.3 is 41.2 Å². The van der Waals surface area contributed by atoms with Crippen molar-refractivity contribution >= 4 is 134 Å². The van der Waals surface area contributed by atoms with E-state index in [1.54, 1.807) is 64.8 Å². The van der Waals surface area contributed by atoms with E-state index >= 15 is 0 Å². The first-order chi connectivity index (χ1) is 60.4. The van der Waals surface area contributed by atoms with Gasteiger partial charge in [0.25, 0.3) is 22.2 Å². The van der Waals surface area contributed by atoms with E-state index in [2.05, 4.69) is 121 Å². The van der Waals surface area contributed by atoms with E-state index in [-0.39, 0.29) is 52.1 Å². The highest BCUT2D eigenvalue weighted by molar-refractivity contribution is 6.36. The van der Waals surface area contributed by atoms with E-state index in [0.717, 1.165) is 102 Å². The molecule has 0 saturated heterocycles. The van der Waals surface area contributed by atoms with Crippen molar-refractivity contribution in [2.24, 2.45) is 0 Å². The Balaban J connectivity index is 0.000000117. The minimum absolute atomic E-state index is 0.0194. The van der Waals surface area contributed by atoms with Crippen molar-refractivity contribution in [3.05, 3.63) is 354 Å². The quantitative estimate of drug-likeness (QED) is 0.0395. The smallest absolute Gasteiger partial charge is 0.264 e. The average molecular weight is 1690 g/mol. The number of benzene rings is 8. The zero-order valence-electron chi connectivity index (χ0n) is 67.9. The Kier molecular flexibility index (Phi) is 22.9. The molecule has 0 radical (unpaired) electrons. The number of hydrogen-bond donors (Lipinski definition) is 8. The molecule has 0 bridgehead atoms. The fraction of sp³-hybridized carbons (Fsp3) is 0.140. The first-order valence-electron chi connectivity index (χ1n) is 40.0. The molecule has 4 unspecified atom stereocenters. The van der Waals surface area contributed by atoms with Crippen LogP contribution in [0.25, 0.3) is 110 Å². The maximum atomic E-state index is 14.8. The van der Waals surface area contributed by atoms with Crippen LogP contribution in [-0.4, -0.2) is 98.0 Å². The lowest BCUT2D eigenvalue weighted by Crippen LogP contribution is -2.27. The van der Waals surface area contributed by atoms with Gasteiger partial charge in [0.15, 0.2) is 45.9 Å². The summed E-state index contributed by atoms with van der Waals surface area (Å²) in [6.07, 6.45) is 13.6. The van der Waals surface area contributed by atoms with Crippen molar-refractivity contribution in [1.82, 2.24) is 98.0 Å². The number of halogens is 3. The summed E-state index contributed by atoms with van der Waals surface area (Å²) in [5, 5.41) is 20.2. The van der Waals surface area contributed by atoms with Gasteiger partial charge in [-0.05, 0) is 165 Å². The summed E-state index contributed by atoms with van der Waals surface area (Å²) in [4.78, 5) is 118. The Morgan fingerprint density at radius 2 is 0.669 bits per heavy atom. The molecule has 31 heteroatoms. The third-order valence-corrected chi connectivity index (χ3v) is 22.3. The van der Waals surface area contributed by atoms with Crippen LogP contribution in [0.2, 0.25) is 10.0 Å². The molecule has 0 fully saturated rings. The minimum atomic E-state index is -0.469. The standard InChI is InChI=1S/C25H24N6O.C23H19ClN6O.C23H19FN6O.C22H17ClN6O/c1-4-19(30-24-22-23(27-13-26-22)28-14-29-24)20-12-17-7-5-6-16(3)21(17)25(32)31(20)18-10-8-15(2)9-11-18;1-2-17(29-22-20-21(26-12-25-20)27-13-28-22)18-11-14-7-6-10-16(24)19(14)23(31)30(18)15-8-4-3-5-9-15;1-13-6-5-7-15-10-18(14(2)29-22-20-21(26-11-25-20)27-12-28-22)30(23(31)19(13)15)17-9-4-3-8-16(17)24;1-13(28-21-19-20(25-11-24-19)26-12-27-21)17-10-14-6-5-9-16(23)18(14)22(30)29(17)15-7-3-2-4-8-15/h5-14,19H,4H2,1-3H3,(H2,26,27,28,29,30);3-13,17H,2H2,1H3,(H2,25,26,27,28,29);3-12,14H,1-2H3,(H2,25,26,27,28,29);2-13H,1H3,(H2,24,25,26,27,28). The van der Waals surface area contributed by atoms with Gasteiger partial charge in [0.2, 0.25) is 0 Å². The number of nitrogens with one attached hydrogen (secondary N) is 8. The van der Waals surface area contributed by atoms with Crippen molar-refractivity contribution in [1.29, 1.82) is 0 Å². The lowest BCUT2D eigenvalue weighted by Gasteiger charge is -2.24. The summed E-state index contributed by atoms with van der Waals surface area (Å²) in [5.74, 6) is 1.98. The molecular weight excluding hydrogens is 1610 g/mol. The van der Waals surface area contributed by atoms with E-state index in [0.29, 0.717) is 88.8 Å². The normalized spacial score (nSPS) is 12.3. The lowest BCUT2D eigenvalue weighted by molar-refractivity contribution is 0.611. The van der Waals surface area contributed by atoms with Gasteiger partial charge in [-0.25, -0.2) is 64.2 Å². The van der Waals surface area contributed by atoms with Gasteiger partial charge in [0.05, 0.1) is 86.8 Å². The van der Waals surface area contributed by atoms with Crippen LogP contribution < -0.4 is 43.5 Å². The van der Waals surface area contributed by atoms with E-state index in [1.165, 1.54) is 35.9 Å². The highest BCUT2D eigenvalue weighted by Crippen LogP contribution is 2.35. The number of fused-ring (bicyclic) bond motifs is 8. The summed E-state index contributed by atoms with van der Waals surface area (Å²) in [6.45, 7) is 13.9. The van der Waals surface area contributed by atoms with E-state index in [9.17, 15) is 23.6 Å². The fourth-order valence-corrected chi connectivity index (χ4v) is 16.2. The van der Waals surface area contributed by atoms with E-state index < -0.39 is 5.82 Å². The van der Waals surface area contributed by atoms with Gasteiger partial charge in [0, 0.05) is 39.8 Å². The molecule has 0 aliphatic rings. The number of anilines is 4. The molecule has 20 aromatic rings. The number of nitrogens with zero attached hydrogens (tertiary/aromatic N) is 16. The number of aromatic nitrogens is 20. The maximum Gasteiger partial charge on any atom is 0.264 e. The van der Waals surface area contributed by atoms with Crippen LogP contribution >= 0.6 is 23.2 Å². The zero-order valence-corrected chi connectivity index (χ0v) is 69.4. The van der Waals surface area contributed by atoms with E-state index in [1.807, 2.05) is 203 Å². The van der Waals surface area contributed by atoms with Crippen molar-refractivity contribution in [3.63, 3.8) is 0 Å². The second-order valence-electron chi connectivity index (χ2n) is 29.5. The van der Waals surface area contributed by atoms with Gasteiger partial charge in [0.1, 0.15) is 53.2 Å².